The van der Waals surface area contributed by atoms with Crippen molar-refractivity contribution in [3.8, 4) is 0 Å². The second-order valence-electron chi connectivity index (χ2n) is 7.53. The van der Waals surface area contributed by atoms with Crippen LogP contribution in [0.25, 0.3) is 0 Å². The van der Waals surface area contributed by atoms with Crippen molar-refractivity contribution in [2.24, 2.45) is 0 Å². The van der Waals surface area contributed by atoms with Gasteiger partial charge in [0.2, 0.25) is 0 Å². The fourth-order valence-corrected chi connectivity index (χ4v) is 4.48. The monoisotopic (exact) mass is 365 g/mol. The highest BCUT2D eigenvalue weighted by atomic mass is 16.5. The van der Waals surface area contributed by atoms with E-state index in [-0.39, 0.29) is 12.1 Å². The van der Waals surface area contributed by atoms with E-state index in [0.717, 1.165) is 38.6 Å². The van der Waals surface area contributed by atoms with E-state index in [1.807, 2.05) is 0 Å². The molecule has 0 bridgehead atoms. The van der Waals surface area contributed by atoms with E-state index in [2.05, 4.69) is 53.4 Å². The van der Waals surface area contributed by atoms with Gasteiger partial charge in [0, 0.05) is 6.54 Å². The average molecular weight is 365 g/mol. The number of hydrogen-bond acceptors (Lipinski definition) is 3. The molecule has 142 valence electrons. The second-order valence-corrected chi connectivity index (χ2v) is 7.53. The van der Waals surface area contributed by atoms with Gasteiger partial charge >= 0.3 is 5.97 Å². The zero-order valence-electron chi connectivity index (χ0n) is 15.6. The van der Waals surface area contributed by atoms with Gasteiger partial charge in [-0.2, -0.15) is 0 Å². The number of aryl methyl sites for hydroxylation is 2. The standard InChI is InChI=1S/C23H27NO3/c25-23(26)21-11-5-6-14-24(21)15-16-27-22-19-9-3-1-7-17(19)12-13-18-8-2-4-10-20(18)22/h1-4,7-10,21-22H,5-6,11-16H2,(H,25,26). The number of ether oxygens (including phenoxy) is 1. The minimum Gasteiger partial charge on any atom is -0.480 e. The van der Waals surface area contributed by atoms with E-state index in [0.29, 0.717) is 13.2 Å². The fourth-order valence-electron chi connectivity index (χ4n) is 4.48. The Kier molecular flexibility index (Phi) is 5.55. The topological polar surface area (TPSA) is 49.8 Å². The van der Waals surface area contributed by atoms with Gasteiger partial charge in [0.25, 0.3) is 0 Å². The summed E-state index contributed by atoms with van der Waals surface area (Å²) < 4.78 is 6.41. The molecule has 1 aliphatic heterocycles. The first-order chi connectivity index (χ1) is 13.2. The molecule has 0 spiro atoms. The van der Waals surface area contributed by atoms with Crippen LogP contribution in [0, 0.1) is 0 Å². The molecular weight excluding hydrogens is 338 g/mol. The van der Waals surface area contributed by atoms with Crippen molar-refractivity contribution in [2.75, 3.05) is 19.7 Å². The molecule has 1 N–H and O–H groups in total. The Morgan fingerprint density at radius 1 is 1.00 bits per heavy atom. The number of rotatable bonds is 5. The number of aliphatic carboxylic acids is 1. The number of likely N-dealkylation sites (tertiary alicyclic amines) is 1. The molecule has 2 aliphatic rings. The number of fused-ring (bicyclic) bond motifs is 2. The molecular formula is C23H27NO3. The summed E-state index contributed by atoms with van der Waals surface area (Å²) in [5.41, 5.74) is 5.19. The number of piperidine rings is 1. The Hall–Kier alpha value is -2.17. The minimum atomic E-state index is -0.708. The molecule has 2 aromatic carbocycles. The lowest BCUT2D eigenvalue weighted by atomic mass is 9.97. The maximum Gasteiger partial charge on any atom is 0.320 e. The summed E-state index contributed by atoms with van der Waals surface area (Å²) in [5, 5.41) is 9.47. The van der Waals surface area contributed by atoms with Crippen molar-refractivity contribution in [3.05, 3.63) is 70.8 Å². The van der Waals surface area contributed by atoms with E-state index in [9.17, 15) is 9.90 Å². The highest BCUT2D eigenvalue weighted by molar-refractivity contribution is 5.73. The second kappa shape index (κ2) is 8.24. The van der Waals surface area contributed by atoms with Crippen molar-refractivity contribution in [2.45, 2.75) is 44.2 Å². The Morgan fingerprint density at radius 3 is 2.26 bits per heavy atom. The van der Waals surface area contributed by atoms with Crippen molar-refractivity contribution >= 4 is 5.97 Å². The molecule has 1 aliphatic carbocycles. The Labute approximate surface area is 160 Å². The van der Waals surface area contributed by atoms with Crippen LogP contribution in [0.3, 0.4) is 0 Å². The number of carboxylic acid groups (broad SMARTS) is 1. The van der Waals surface area contributed by atoms with Crippen molar-refractivity contribution in [3.63, 3.8) is 0 Å². The molecule has 0 saturated carbocycles. The van der Waals surface area contributed by atoms with Gasteiger partial charge in [0.15, 0.2) is 0 Å². The quantitative estimate of drug-likeness (QED) is 0.875. The van der Waals surface area contributed by atoms with Gasteiger partial charge in [0.1, 0.15) is 12.1 Å². The van der Waals surface area contributed by atoms with Gasteiger partial charge in [-0.15, -0.1) is 0 Å². The van der Waals surface area contributed by atoms with E-state index >= 15 is 0 Å². The molecule has 1 unspecified atom stereocenters. The molecule has 0 amide bonds. The highest BCUT2D eigenvalue weighted by Crippen LogP contribution is 2.35. The third-order valence-corrected chi connectivity index (χ3v) is 5.90. The van der Waals surface area contributed by atoms with Gasteiger partial charge in [-0.1, -0.05) is 55.0 Å². The zero-order chi connectivity index (χ0) is 18.6. The van der Waals surface area contributed by atoms with Crippen LogP contribution >= 0.6 is 0 Å². The van der Waals surface area contributed by atoms with E-state index in [1.165, 1.54) is 22.3 Å². The highest BCUT2D eigenvalue weighted by Gasteiger charge is 2.29. The molecule has 2 aromatic rings. The molecule has 1 atom stereocenters. The largest absolute Gasteiger partial charge is 0.480 e. The van der Waals surface area contributed by atoms with Crippen LogP contribution in [-0.2, 0) is 22.4 Å². The third-order valence-electron chi connectivity index (χ3n) is 5.90. The molecule has 1 fully saturated rings. The number of carboxylic acids is 1. The van der Waals surface area contributed by atoms with Crippen molar-refractivity contribution in [1.82, 2.24) is 4.90 Å². The van der Waals surface area contributed by atoms with Crippen LogP contribution in [0.2, 0.25) is 0 Å². The maximum atomic E-state index is 11.5. The van der Waals surface area contributed by atoms with Crippen LogP contribution in [0.5, 0.6) is 0 Å². The molecule has 4 heteroatoms. The van der Waals surface area contributed by atoms with Crippen molar-refractivity contribution in [1.29, 1.82) is 0 Å². The molecule has 1 saturated heterocycles. The van der Waals surface area contributed by atoms with Gasteiger partial charge in [0.05, 0.1) is 6.61 Å². The lowest BCUT2D eigenvalue weighted by molar-refractivity contribution is -0.145. The van der Waals surface area contributed by atoms with Crippen molar-refractivity contribution < 1.29 is 14.6 Å². The van der Waals surface area contributed by atoms with E-state index in [4.69, 9.17) is 4.74 Å². The first-order valence-electron chi connectivity index (χ1n) is 9.98. The van der Waals surface area contributed by atoms with E-state index < -0.39 is 5.97 Å². The molecule has 0 radical (unpaired) electrons. The van der Waals surface area contributed by atoms with Crippen LogP contribution < -0.4 is 0 Å². The SMILES string of the molecule is O=C(O)C1CCCCN1CCOC1c2ccccc2CCc2ccccc21. The predicted octanol–water partition coefficient (Wildman–Crippen LogP) is 3.83. The summed E-state index contributed by atoms with van der Waals surface area (Å²) in [5.74, 6) is -0.708. The Morgan fingerprint density at radius 2 is 1.63 bits per heavy atom. The van der Waals surface area contributed by atoms with Crippen LogP contribution in [-0.4, -0.2) is 41.7 Å². The summed E-state index contributed by atoms with van der Waals surface area (Å²) in [6.45, 7) is 2.05. The summed E-state index contributed by atoms with van der Waals surface area (Å²) in [6.07, 6.45) is 4.79. The molecule has 27 heavy (non-hydrogen) atoms. The normalized spacial score (nSPS) is 20.5. The number of carbonyl (C=O) groups is 1. The third kappa shape index (κ3) is 3.92. The zero-order valence-corrected chi connectivity index (χ0v) is 15.6. The fraction of sp³-hybridized carbons (Fsp3) is 0.435. The first-order valence-corrected chi connectivity index (χ1v) is 9.98. The van der Waals surface area contributed by atoms with Crippen LogP contribution in [0.4, 0.5) is 0 Å². The van der Waals surface area contributed by atoms with Crippen LogP contribution in [0.1, 0.15) is 47.6 Å². The smallest absolute Gasteiger partial charge is 0.320 e. The number of nitrogens with zero attached hydrogens (tertiary/aromatic N) is 1. The summed E-state index contributed by atoms with van der Waals surface area (Å²) >= 11 is 0. The lowest BCUT2D eigenvalue weighted by Crippen LogP contribution is -2.46. The van der Waals surface area contributed by atoms with Gasteiger partial charge in [-0.3, -0.25) is 9.69 Å². The number of benzene rings is 2. The average Bonchev–Trinajstić information content (AvgIpc) is 2.86. The maximum absolute atomic E-state index is 11.5. The van der Waals surface area contributed by atoms with E-state index in [1.54, 1.807) is 0 Å². The number of hydrogen-bond donors (Lipinski definition) is 1. The Bertz CT molecular complexity index is 756. The minimum absolute atomic E-state index is 0.0760. The summed E-state index contributed by atoms with van der Waals surface area (Å²) in [4.78, 5) is 13.6. The molecule has 4 rings (SSSR count). The molecule has 0 aromatic heterocycles. The van der Waals surface area contributed by atoms with Crippen LogP contribution in [0.15, 0.2) is 48.5 Å². The summed E-state index contributed by atoms with van der Waals surface area (Å²) in [7, 11) is 0. The lowest BCUT2D eigenvalue weighted by Gasteiger charge is -2.33. The first kappa shape index (κ1) is 18.2. The Balaban J connectivity index is 1.52. The predicted molar refractivity (Wildman–Crippen MR) is 105 cm³/mol. The molecule has 1 heterocycles. The van der Waals surface area contributed by atoms with Gasteiger partial charge in [-0.25, -0.2) is 0 Å². The summed E-state index contributed by atoms with van der Waals surface area (Å²) in [6, 6.07) is 16.7. The molecule has 4 nitrogen and oxygen atoms in total. The van der Waals surface area contributed by atoms with Gasteiger partial charge < -0.3 is 9.84 Å². The van der Waals surface area contributed by atoms with Gasteiger partial charge in [-0.05, 0) is 54.5 Å².